The summed E-state index contributed by atoms with van der Waals surface area (Å²) >= 11 is 0. The Kier molecular flexibility index (Phi) is 4.05. The number of sulfone groups is 1. The summed E-state index contributed by atoms with van der Waals surface area (Å²) in [5.74, 6) is -5.33. The topological polar surface area (TPSA) is 80.7 Å². The van der Waals surface area contributed by atoms with E-state index in [4.69, 9.17) is 9.84 Å². The van der Waals surface area contributed by atoms with Crippen molar-refractivity contribution in [2.45, 2.75) is 11.3 Å². The fraction of sp³-hybridized carbons (Fsp3) is 0.417. The number of benzene rings is 1. The van der Waals surface area contributed by atoms with Gasteiger partial charge in [0, 0.05) is 6.61 Å². The summed E-state index contributed by atoms with van der Waals surface area (Å²) in [7, 11) is -4.03. The van der Waals surface area contributed by atoms with Gasteiger partial charge in [-0.3, -0.25) is 0 Å². The average molecular weight is 306 g/mol. The average Bonchev–Trinajstić information content (AvgIpc) is 2.79. The fourth-order valence-electron chi connectivity index (χ4n) is 2.08. The van der Waals surface area contributed by atoms with Crippen LogP contribution in [0.4, 0.5) is 8.78 Å². The van der Waals surface area contributed by atoms with Gasteiger partial charge in [0.25, 0.3) is 0 Å². The lowest BCUT2D eigenvalue weighted by atomic mass is 10.2. The maximum atomic E-state index is 13.9. The molecule has 1 fully saturated rings. The van der Waals surface area contributed by atoms with Gasteiger partial charge in [-0.15, -0.1) is 0 Å². The van der Waals surface area contributed by atoms with Crippen molar-refractivity contribution >= 4 is 15.8 Å². The Hall–Kier alpha value is -1.54. The van der Waals surface area contributed by atoms with Crippen molar-refractivity contribution in [2.24, 2.45) is 5.92 Å². The summed E-state index contributed by atoms with van der Waals surface area (Å²) in [4.78, 5) is 9.98. The van der Waals surface area contributed by atoms with E-state index in [1.54, 1.807) is 0 Å². The molecule has 1 heterocycles. The summed E-state index contributed by atoms with van der Waals surface area (Å²) in [5, 5.41) is 8.73. The van der Waals surface area contributed by atoms with Crippen LogP contribution in [0.5, 0.6) is 0 Å². The predicted molar refractivity (Wildman–Crippen MR) is 64.3 cm³/mol. The molecule has 110 valence electrons. The molecule has 8 heteroatoms. The molecular formula is C12H12F2O5S. The highest BCUT2D eigenvalue weighted by molar-refractivity contribution is 7.91. The molecule has 1 saturated heterocycles. The van der Waals surface area contributed by atoms with Crippen molar-refractivity contribution in [1.82, 2.24) is 0 Å². The molecule has 0 bridgehead atoms. The van der Waals surface area contributed by atoms with Crippen LogP contribution in [-0.4, -0.2) is 38.5 Å². The molecule has 0 saturated carbocycles. The third-order valence-electron chi connectivity index (χ3n) is 3.08. The van der Waals surface area contributed by atoms with Crippen LogP contribution in [0.25, 0.3) is 0 Å². The zero-order valence-corrected chi connectivity index (χ0v) is 11.1. The molecule has 2 rings (SSSR count). The number of aromatic carboxylic acids is 1. The number of carbonyl (C=O) groups is 1. The van der Waals surface area contributed by atoms with Crippen molar-refractivity contribution in [1.29, 1.82) is 0 Å². The van der Waals surface area contributed by atoms with Gasteiger partial charge in [0.2, 0.25) is 0 Å². The highest BCUT2D eigenvalue weighted by Gasteiger charge is 2.30. The Morgan fingerprint density at radius 2 is 2.10 bits per heavy atom. The molecule has 1 aliphatic heterocycles. The Morgan fingerprint density at radius 3 is 2.65 bits per heavy atom. The number of carboxylic acid groups (broad SMARTS) is 1. The molecule has 0 aliphatic carbocycles. The Labute approximate surface area is 114 Å². The number of hydrogen-bond acceptors (Lipinski definition) is 4. The van der Waals surface area contributed by atoms with E-state index in [-0.39, 0.29) is 18.3 Å². The van der Waals surface area contributed by atoms with Crippen LogP contribution in [0.1, 0.15) is 16.8 Å². The molecule has 5 nitrogen and oxygen atoms in total. The third-order valence-corrected chi connectivity index (χ3v) is 4.98. The first-order valence-electron chi connectivity index (χ1n) is 5.84. The maximum Gasteiger partial charge on any atom is 0.341 e. The number of rotatable bonds is 4. The van der Waals surface area contributed by atoms with Crippen LogP contribution in [0.3, 0.4) is 0 Å². The quantitative estimate of drug-likeness (QED) is 0.852. The van der Waals surface area contributed by atoms with Crippen LogP contribution >= 0.6 is 0 Å². The molecule has 1 atom stereocenters. The lowest BCUT2D eigenvalue weighted by Gasteiger charge is -2.11. The van der Waals surface area contributed by atoms with Crippen molar-refractivity contribution in [3.05, 3.63) is 29.3 Å². The molecule has 0 amide bonds. The smallest absolute Gasteiger partial charge is 0.341 e. The Morgan fingerprint density at radius 1 is 1.40 bits per heavy atom. The molecule has 1 aromatic carbocycles. The van der Waals surface area contributed by atoms with E-state index in [1.807, 2.05) is 0 Å². The SMILES string of the molecule is O=C(O)c1c(F)ccc(S(=O)(=O)CC2CCOC2)c1F. The first-order chi connectivity index (χ1) is 9.33. The molecule has 0 spiro atoms. The van der Waals surface area contributed by atoms with Crippen molar-refractivity contribution < 1.29 is 31.8 Å². The van der Waals surface area contributed by atoms with E-state index < -0.39 is 37.9 Å². The first kappa shape index (κ1) is 14.9. The molecule has 0 aromatic heterocycles. The third kappa shape index (κ3) is 2.80. The molecular weight excluding hydrogens is 294 g/mol. The van der Waals surface area contributed by atoms with E-state index >= 15 is 0 Å². The lowest BCUT2D eigenvalue weighted by molar-refractivity contribution is 0.0685. The molecule has 1 unspecified atom stereocenters. The van der Waals surface area contributed by atoms with Crippen molar-refractivity contribution in [3.8, 4) is 0 Å². The zero-order valence-electron chi connectivity index (χ0n) is 10.3. The van der Waals surface area contributed by atoms with Gasteiger partial charge in [-0.25, -0.2) is 22.0 Å². The van der Waals surface area contributed by atoms with Crippen LogP contribution in [-0.2, 0) is 14.6 Å². The summed E-state index contributed by atoms with van der Waals surface area (Å²) in [6, 6.07) is 1.40. The normalized spacial score (nSPS) is 19.2. The summed E-state index contributed by atoms with van der Waals surface area (Å²) in [6.07, 6.45) is 0.536. The van der Waals surface area contributed by atoms with Gasteiger partial charge in [0.05, 0.1) is 12.4 Å². The van der Waals surface area contributed by atoms with Crippen LogP contribution in [0, 0.1) is 17.6 Å². The minimum Gasteiger partial charge on any atom is -0.477 e. The van der Waals surface area contributed by atoms with Crippen LogP contribution < -0.4 is 0 Å². The highest BCUT2D eigenvalue weighted by Crippen LogP contribution is 2.25. The molecule has 1 N–H and O–H groups in total. The second kappa shape index (κ2) is 5.45. The number of halogens is 2. The predicted octanol–water partition coefficient (Wildman–Crippen LogP) is 1.47. The number of hydrogen-bond donors (Lipinski definition) is 1. The zero-order chi connectivity index (χ0) is 14.9. The number of carboxylic acids is 1. The molecule has 20 heavy (non-hydrogen) atoms. The van der Waals surface area contributed by atoms with E-state index in [0.29, 0.717) is 19.1 Å². The molecule has 1 aliphatic rings. The van der Waals surface area contributed by atoms with Gasteiger partial charge >= 0.3 is 5.97 Å². The maximum absolute atomic E-state index is 13.9. The van der Waals surface area contributed by atoms with Gasteiger partial charge in [-0.2, -0.15) is 0 Å². The van der Waals surface area contributed by atoms with E-state index in [1.165, 1.54) is 0 Å². The van der Waals surface area contributed by atoms with Crippen LogP contribution in [0.2, 0.25) is 0 Å². The van der Waals surface area contributed by atoms with Gasteiger partial charge in [0.15, 0.2) is 15.7 Å². The van der Waals surface area contributed by atoms with Gasteiger partial charge in [-0.05, 0) is 24.5 Å². The van der Waals surface area contributed by atoms with E-state index in [2.05, 4.69) is 0 Å². The van der Waals surface area contributed by atoms with Crippen molar-refractivity contribution in [3.63, 3.8) is 0 Å². The Bertz CT molecular complexity index is 635. The van der Waals surface area contributed by atoms with Gasteiger partial charge in [0.1, 0.15) is 16.3 Å². The minimum atomic E-state index is -4.03. The van der Waals surface area contributed by atoms with Crippen LogP contribution in [0.15, 0.2) is 17.0 Å². The Balaban J connectivity index is 2.41. The monoisotopic (exact) mass is 306 g/mol. The summed E-state index contributed by atoms with van der Waals surface area (Å²) in [6.45, 7) is 0.695. The van der Waals surface area contributed by atoms with E-state index in [0.717, 1.165) is 6.07 Å². The fourth-order valence-corrected chi connectivity index (χ4v) is 3.80. The second-order valence-corrected chi connectivity index (χ2v) is 6.55. The number of ether oxygens (including phenoxy) is 1. The van der Waals surface area contributed by atoms with Gasteiger partial charge in [-0.1, -0.05) is 0 Å². The van der Waals surface area contributed by atoms with Gasteiger partial charge < -0.3 is 9.84 Å². The first-order valence-corrected chi connectivity index (χ1v) is 7.50. The van der Waals surface area contributed by atoms with Crippen molar-refractivity contribution in [2.75, 3.05) is 19.0 Å². The largest absolute Gasteiger partial charge is 0.477 e. The lowest BCUT2D eigenvalue weighted by Crippen LogP contribution is -2.19. The van der Waals surface area contributed by atoms with E-state index in [9.17, 15) is 22.0 Å². The second-order valence-electron chi connectivity index (χ2n) is 4.55. The summed E-state index contributed by atoms with van der Waals surface area (Å²) < 4.78 is 56.4. The highest BCUT2D eigenvalue weighted by atomic mass is 32.2. The minimum absolute atomic E-state index is 0.258. The standard InChI is InChI=1S/C12H12F2O5S/c13-8-1-2-9(11(14)10(8)12(15)16)20(17,18)6-7-3-4-19-5-7/h1-2,7H,3-6H2,(H,15,16). The molecule has 1 aromatic rings. The molecule has 0 radical (unpaired) electrons. The summed E-state index contributed by atoms with van der Waals surface area (Å²) in [5.41, 5.74) is -1.26.